The maximum absolute atomic E-state index is 11.3. The zero-order valence-corrected chi connectivity index (χ0v) is 7.18. The summed E-state index contributed by atoms with van der Waals surface area (Å²) in [7, 11) is 0. The first kappa shape index (κ1) is 6.23. The molecule has 0 saturated carbocycles. The Bertz CT molecular complexity index is 338. The van der Waals surface area contributed by atoms with E-state index in [1.165, 1.54) is 0 Å². The van der Waals surface area contributed by atoms with Gasteiger partial charge in [0, 0.05) is 0 Å². The van der Waals surface area contributed by atoms with Gasteiger partial charge in [-0.1, -0.05) is 17.7 Å². The zero-order valence-electron chi connectivity index (χ0n) is 9.18. The molecule has 0 radical (unpaired) electrons. The molecule has 1 rings (SSSR count). The van der Waals surface area contributed by atoms with Crippen LogP contribution in [0.5, 0.6) is 0 Å². The summed E-state index contributed by atoms with van der Waals surface area (Å²) >= 11 is 0. The van der Waals surface area contributed by atoms with E-state index < -0.39 is 5.97 Å². The fourth-order valence-electron chi connectivity index (χ4n) is 0.776. The first-order valence-electron chi connectivity index (χ1n) is 4.81. The molecule has 64 valence electrons. The van der Waals surface area contributed by atoms with E-state index >= 15 is 0 Å². The van der Waals surface area contributed by atoms with Gasteiger partial charge in [-0.15, -0.1) is 0 Å². The number of esters is 1. The lowest BCUT2D eigenvalue weighted by Gasteiger charge is -2.00. The van der Waals surface area contributed by atoms with E-state index in [1.807, 2.05) is 0 Å². The Morgan fingerprint density at radius 1 is 1.58 bits per heavy atom. The van der Waals surface area contributed by atoms with E-state index in [0.29, 0.717) is 0 Å². The summed E-state index contributed by atoms with van der Waals surface area (Å²) in [5.41, 5.74) is 0.838. The smallest absolute Gasteiger partial charge is 0.338 e. The molecule has 0 heterocycles. The van der Waals surface area contributed by atoms with Crippen LogP contribution < -0.4 is 0 Å². The first-order chi connectivity index (χ1) is 6.56. The molecular weight excluding hydrogens is 152 g/mol. The van der Waals surface area contributed by atoms with Crippen LogP contribution in [-0.4, -0.2) is 12.6 Å². The molecule has 0 bridgehead atoms. The molecule has 0 atom stereocenters. The Kier molecular flexibility index (Phi) is 2.03. The third kappa shape index (κ3) is 2.09. The highest BCUT2D eigenvalue weighted by Gasteiger charge is 2.03. The summed E-state index contributed by atoms with van der Waals surface area (Å²) in [6.07, 6.45) is 0. The summed E-state index contributed by atoms with van der Waals surface area (Å²) in [6.45, 7) is 3.73. The lowest BCUT2D eigenvalue weighted by molar-refractivity contribution is 0.0526. The number of hydrogen-bond donors (Lipinski definition) is 0. The lowest BCUT2D eigenvalue weighted by Crippen LogP contribution is -2.03. The molecule has 0 spiro atoms. The largest absolute Gasteiger partial charge is 0.462 e. The first-order valence-corrected chi connectivity index (χ1v) is 3.81. The van der Waals surface area contributed by atoms with Crippen LogP contribution in [0.3, 0.4) is 0 Å². The highest BCUT2D eigenvalue weighted by molar-refractivity contribution is 5.89. The molecule has 12 heavy (non-hydrogen) atoms. The second-order valence-electron chi connectivity index (χ2n) is 2.42. The van der Waals surface area contributed by atoms with Crippen molar-refractivity contribution in [3.05, 3.63) is 35.3 Å². The van der Waals surface area contributed by atoms with E-state index in [4.69, 9.17) is 7.48 Å². The minimum Gasteiger partial charge on any atom is -0.462 e. The van der Waals surface area contributed by atoms with E-state index in [1.54, 1.807) is 26.0 Å². The minimum absolute atomic E-state index is 0.0393. The summed E-state index contributed by atoms with van der Waals surface area (Å²) in [6, 6.07) is 3.19. The average Bonchev–Trinajstić information content (AvgIpc) is 2.01. The van der Waals surface area contributed by atoms with Crippen LogP contribution in [0.2, 0.25) is 0 Å². The summed E-state index contributed by atoms with van der Waals surface area (Å²) in [5, 5.41) is 0. The van der Waals surface area contributed by atoms with Crippen molar-refractivity contribution < 1.29 is 12.3 Å². The summed E-state index contributed by atoms with van der Waals surface area (Å²) in [4.78, 5) is 11.3. The van der Waals surface area contributed by atoms with Crippen LogP contribution in [0.25, 0.3) is 0 Å². The number of hydrogen-bond acceptors (Lipinski definition) is 2. The Morgan fingerprint density at radius 3 is 2.67 bits per heavy atom. The number of carbonyl (C=O) groups excluding carboxylic acids is 1. The molecule has 0 N–H and O–H groups in total. The van der Waals surface area contributed by atoms with Crippen molar-refractivity contribution in [1.29, 1.82) is 0 Å². The Morgan fingerprint density at radius 2 is 2.17 bits per heavy atom. The van der Waals surface area contributed by atoms with Gasteiger partial charge >= 0.3 is 5.97 Å². The quantitative estimate of drug-likeness (QED) is 0.629. The van der Waals surface area contributed by atoms with Gasteiger partial charge in [-0.05, 0) is 25.9 Å². The van der Waals surface area contributed by atoms with E-state index in [2.05, 4.69) is 0 Å². The Hall–Kier alpha value is -1.31. The Balaban J connectivity index is 3.14. The molecule has 0 amide bonds. The van der Waals surface area contributed by atoms with Crippen LogP contribution in [0.4, 0.5) is 0 Å². The molecule has 1 aromatic rings. The van der Waals surface area contributed by atoms with Gasteiger partial charge in [-0.2, -0.15) is 0 Å². The molecule has 0 unspecified atom stereocenters. The predicted molar refractivity (Wildman–Crippen MR) is 47.1 cm³/mol. The summed E-state index contributed by atoms with van der Waals surface area (Å²) in [5.74, 6) is -0.595. The van der Waals surface area contributed by atoms with Crippen molar-refractivity contribution in [3.8, 4) is 0 Å². The standard InChI is InChI=1S/C10H12O2/c1-3-12-10(11)9-6-4-8(2)5-7-9/h4-7H,3H2,1-2H3/i6D,7D. The molecule has 0 aliphatic heterocycles. The fraction of sp³-hybridized carbons (Fsp3) is 0.300. The molecule has 0 fully saturated rings. The maximum Gasteiger partial charge on any atom is 0.338 e. The van der Waals surface area contributed by atoms with Crippen LogP contribution in [0.1, 0.15) is 25.6 Å². The monoisotopic (exact) mass is 166 g/mol. The lowest BCUT2D eigenvalue weighted by atomic mass is 10.1. The van der Waals surface area contributed by atoms with Gasteiger partial charge < -0.3 is 4.74 Å². The van der Waals surface area contributed by atoms with Crippen molar-refractivity contribution in [3.63, 3.8) is 0 Å². The van der Waals surface area contributed by atoms with Crippen LogP contribution in [0, 0.1) is 6.92 Å². The molecule has 0 aromatic heterocycles. The molecule has 0 saturated heterocycles. The third-order valence-corrected chi connectivity index (χ3v) is 1.37. The van der Waals surface area contributed by atoms with Gasteiger partial charge in [-0.25, -0.2) is 4.79 Å². The SMILES string of the molecule is [2H]c1cc(C)cc([2H])c1C(=O)OCC. The summed E-state index contributed by atoms with van der Waals surface area (Å²) < 4.78 is 19.8. The fourth-order valence-corrected chi connectivity index (χ4v) is 0.776. The second-order valence-corrected chi connectivity index (χ2v) is 2.42. The minimum atomic E-state index is -0.595. The molecule has 0 aliphatic rings. The number of aryl methyl sites for hydroxylation is 1. The molecule has 0 aliphatic carbocycles. The highest BCUT2D eigenvalue weighted by atomic mass is 16.5. The molecule has 2 heteroatoms. The average molecular weight is 166 g/mol. The number of carbonyl (C=O) groups is 1. The van der Waals surface area contributed by atoms with Gasteiger partial charge in [0.2, 0.25) is 0 Å². The number of benzene rings is 1. The van der Waals surface area contributed by atoms with Gasteiger partial charge in [0.15, 0.2) is 0 Å². The molecule has 1 aromatic carbocycles. The second kappa shape index (κ2) is 3.90. The Labute approximate surface area is 75.0 Å². The zero-order chi connectivity index (χ0) is 10.7. The molecular formula is C10H12O2. The maximum atomic E-state index is 11.3. The van der Waals surface area contributed by atoms with Gasteiger partial charge in [0.1, 0.15) is 0 Å². The van der Waals surface area contributed by atoms with Gasteiger partial charge in [0.05, 0.1) is 14.9 Å². The number of rotatable bonds is 2. The van der Waals surface area contributed by atoms with Crippen molar-refractivity contribution in [1.82, 2.24) is 0 Å². The molecule has 2 nitrogen and oxygen atoms in total. The third-order valence-electron chi connectivity index (χ3n) is 1.37. The van der Waals surface area contributed by atoms with Crippen LogP contribution in [-0.2, 0) is 4.74 Å². The van der Waals surface area contributed by atoms with Crippen molar-refractivity contribution in [2.75, 3.05) is 6.61 Å². The van der Waals surface area contributed by atoms with E-state index in [0.717, 1.165) is 5.56 Å². The van der Waals surface area contributed by atoms with Gasteiger partial charge in [-0.3, -0.25) is 0 Å². The predicted octanol–water partition coefficient (Wildman–Crippen LogP) is 2.17. The van der Waals surface area contributed by atoms with E-state index in [9.17, 15) is 4.79 Å². The highest BCUT2D eigenvalue weighted by Crippen LogP contribution is 2.04. The van der Waals surface area contributed by atoms with Crippen molar-refractivity contribution >= 4 is 5.97 Å². The topological polar surface area (TPSA) is 26.3 Å². The van der Waals surface area contributed by atoms with Crippen LogP contribution in [0.15, 0.2) is 24.2 Å². The van der Waals surface area contributed by atoms with Crippen LogP contribution >= 0.6 is 0 Å². The number of ether oxygens (including phenoxy) is 1. The normalized spacial score (nSPS) is 11.8. The van der Waals surface area contributed by atoms with E-state index in [-0.39, 0.29) is 24.3 Å². The van der Waals surface area contributed by atoms with Crippen molar-refractivity contribution in [2.24, 2.45) is 0 Å². The van der Waals surface area contributed by atoms with Gasteiger partial charge in [0.25, 0.3) is 0 Å². The van der Waals surface area contributed by atoms with Crippen molar-refractivity contribution in [2.45, 2.75) is 13.8 Å².